The van der Waals surface area contributed by atoms with Gasteiger partial charge in [0.15, 0.2) is 0 Å². The summed E-state index contributed by atoms with van der Waals surface area (Å²) in [6.45, 7) is 0.947. The van der Waals surface area contributed by atoms with Crippen molar-refractivity contribution in [2.45, 2.75) is 50.2 Å². The molecule has 3 N–H and O–H groups in total. The summed E-state index contributed by atoms with van der Waals surface area (Å²) < 4.78 is 6.02. The number of hydrogen-bond donors (Lipinski definition) is 2. The molecule has 3 unspecified atom stereocenters. The van der Waals surface area contributed by atoms with E-state index in [1.54, 1.807) is 0 Å². The lowest BCUT2D eigenvalue weighted by atomic mass is 9.69. The Balaban J connectivity index is 1.64. The molecule has 2 aliphatic heterocycles. The first kappa shape index (κ1) is 12.3. The van der Waals surface area contributed by atoms with E-state index in [4.69, 9.17) is 10.6 Å². The normalized spacial score (nSPS) is 37.9. The van der Waals surface area contributed by atoms with E-state index in [2.05, 4.69) is 17.2 Å². The second kappa shape index (κ2) is 5.08. The smallest absolute Gasteiger partial charge is 0.0685 e. The van der Waals surface area contributed by atoms with Crippen LogP contribution >= 0.6 is 11.8 Å². The summed E-state index contributed by atoms with van der Waals surface area (Å²) in [6, 6.07) is 0.520. The van der Waals surface area contributed by atoms with Gasteiger partial charge in [0, 0.05) is 12.6 Å². The molecule has 3 rings (SSSR count). The molecule has 2 heterocycles. The van der Waals surface area contributed by atoms with Gasteiger partial charge in [0.1, 0.15) is 0 Å². The van der Waals surface area contributed by atoms with Crippen molar-refractivity contribution >= 4 is 11.8 Å². The number of ether oxygens (including phenoxy) is 1. The first-order valence-corrected chi connectivity index (χ1v) is 8.16. The summed E-state index contributed by atoms with van der Waals surface area (Å²) in [7, 11) is 0. The van der Waals surface area contributed by atoms with Gasteiger partial charge in [0.05, 0.1) is 5.60 Å². The van der Waals surface area contributed by atoms with Gasteiger partial charge in [-0.1, -0.05) is 0 Å². The SMILES string of the molecule is NNC(C1CCSC1)C1CCOC2(CCC2)C1. The summed E-state index contributed by atoms with van der Waals surface area (Å²) in [4.78, 5) is 0. The summed E-state index contributed by atoms with van der Waals surface area (Å²) in [6.07, 6.45) is 7.68. The minimum Gasteiger partial charge on any atom is -0.375 e. The molecule has 1 aliphatic carbocycles. The van der Waals surface area contributed by atoms with Crippen molar-refractivity contribution < 1.29 is 4.74 Å². The molecule has 2 saturated heterocycles. The second-order valence-corrected chi connectivity index (χ2v) is 7.10. The predicted molar refractivity (Wildman–Crippen MR) is 71.8 cm³/mol. The van der Waals surface area contributed by atoms with Crippen molar-refractivity contribution in [3.63, 3.8) is 0 Å². The number of hydrazine groups is 1. The van der Waals surface area contributed by atoms with Gasteiger partial charge >= 0.3 is 0 Å². The fraction of sp³-hybridized carbons (Fsp3) is 1.00. The minimum absolute atomic E-state index is 0.254. The van der Waals surface area contributed by atoms with E-state index in [0.717, 1.165) is 18.4 Å². The number of hydrogen-bond acceptors (Lipinski definition) is 4. The Morgan fingerprint density at radius 3 is 2.76 bits per heavy atom. The summed E-state index contributed by atoms with van der Waals surface area (Å²) in [5.41, 5.74) is 3.38. The highest BCUT2D eigenvalue weighted by Gasteiger charge is 2.45. The van der Waals surface area contributed by atoms with E-state index >= 15 is 0 Å². The van der Waals surface area contributed by atoms with E-state index in [0.29, 0.717) is 6.04 Å². The summed E-state index contributed by atoms with van der Waals surface area (Å²) >= 11 is 2.08. The fourth-order valence-electron chi connectivity index (χ4n) is 3.78. The standard InChI is InChI=1S/C13H24N2OS/c14-15-12(11-3-7-17-9-11)10-2-6-16-13(8-10)4-1-5-13/h10-12,15H,1-9,14H2. The van der Waals surface area contributed by atoms with Gasteiger partial charge in [-0.2, -0.15) is 11.8 Å². The van der Waals surface area contributed by atoms with Crippen molar-refractivity contribution in [1.82, 2.24) is 5.43 Å². The van der Waals surface area contributed by atoms with Crippen LogP contribution in [0.4, 0.5) is 0 Å². The number of thioether (sulfide) groups is 1. The minimum atomic E-state index is 0.254. The van der Waals surface area contributed by atoms with Crippen LogP contribution in [-0.2, 0) is 4.74 Å². The van der Waals surface area contributed by atoms with Crippen molar-refractivity contribution in [3.05, 3.63) is 0 Å². The van der Waals surface area contributed by atoms with Crippen molar-refractivity contribution in [3.8, 4) is 0 Å². The van der Waals surface area contributed by atoms with Crippen molar-refractivity contribution in [2.24, 2.45) is 17.7 Å². The van der Waals surface area contributed by atoms with Crippen molar-refractivity contribution in [2.75, 3.05) is 18.1 Å². The molecule has 0 amide bonds. The van der Waals surface area contributed by atoms with Gasteiger partial charge < -0.3 is 4.74 Å². The first-order chi connectivity index (χ1) is 8.33. The quantitative estimate of drug-likeness (QED) is 0.598. The van der Waals surface area contributed by atoms with E-state index in [1.807, 2.05) is 0 Å². The lowest BCUT2D eigenvalue weighted by molar-refractivity contribution is -0.148. The molecular formula is C13H24N2OS. The highest BCUT2D eigenvalue weighted by Crippen LogP contribution is 2.46. The van der Waals surface area contributed by atoms with Crippen LogP contribution in [0, 0.1) is 11.8 Å². The van der Waals surface area contributed by atoms with Crippen LogP contribution in [0.1, 0.15) is 38.5 Å². The maximum absolute atomic E-state index is 6.02. The third kappa shape index (κ3) is 2.37. The maximum atomic E-state index is 6.02. The lowest BCUT2D eigenvalue weighted by Gasteiger charge is -2.49. The zero-order chi connectivity index (χ0) is 11.7. The van der Waals surface area contributed by atoms with Gasteiger partial charge in [-0.25, -0.2) is 0 Å². The lowest BCUT2D eigenvalue weighted by Crippen LogP contribution is -2.53. The zero-order valence-electron chi connectivity index (χ0n) is 10.5. The van der Waals surface area contributed by atoms with Crippen LogP contribution < -0.4 is 11.3 Å². The molecule has 4 heteroatoms. The van der Waals surface area contributed by atoms with E-state index < -0.39 is 0 Å². The van der Waals surface area contributed by atoms with E-state index in [1.165, 1.54) is 50.0 Å². The van der Waals surface area contributed by atoms with Crippen LogP contribution in [0.5, 0.6) is 0 Å². The number of nitrogens with two attached hydrogens (primary N) is 1. The second-order valence-electron chi connectivity index (χ2n) is 5.95. The van der Waals surface area contributed by atoms with Crippen LogP contribution in [-0.4, -0.2) is 29.8 Å². The number of rotatable bonds is 3. The number of nitrogens with one attached hydrogen (secondary N) is 1. The Morgan fingerprint density at radius 1 is 1.29 bits per heavy atom. The molecule has 3 nitrogen and oxygen atoms in total. The van der Waals surface area contributed by atoms with Crippen LogP contribution in [0.15, 0.2) is 0 Å². The molecule has 3 fully saturated rings. The predicted octanol–water partition coefficient (Wildman–Crippen LogP) is 1.92. The van der Waals surface area contributed by atoms with Crippen LogP contribution in [0.3, 0.4) is 0 Å². The average molecular weight is 256 g/mol. The molecule has 98 valence electrons. The van der Waals surface area contributed by atoms with E-state index in [9.17, 15) is 0 Å². The van der Waals surface area contributed by atoms with Crippen molar-refractivity contribution in [1.29, 1.82) is 0 Å². The molecule has 0 aromatic carbocycles. The van der Waals surface area contributed by atoms with Gasteiger partial charge in [-0.05, 0) is 61.9 Å². The highest BCUT2D eigenvalue weighted by atomic mass is 32.2. The first-order valence-electron chi connectivity index (χ1n) is 7.01. The van der Waals surface area contributed by atoms with Gasteiger partial charge in [-0.3, -0.25) is 11.3 Å². The average Bonchev–Trinajstić information content (AvgIpc) is 2.82. The highest BCUT2D eigenvalue weighted by molar-refractivity contribution is 7.99. The Labute approximate surface area is 108 Å². The Kier molecular flexibility index (Phi) is 3.67. The largest absolute Gasteiger partial charge is 0.375 e. The molecule has 3 aliphatic rings. The zero-order valence-corrected chi connectivity index (χ0v) is 11.3. The Morgan fingerprint density at radius 2 is 2.18 bits per heavy atom. The van der Waals surface area contributed by atoms with E-state index in [-0.39, 0.29) is 5.60 Å². The van der Waals surface area contributed by atoms with Crippen LogP contribution in [0.2, 0.25) is 0 Å². The molecule has 0 aromatic heterocycles. The Bertz CT molecular complexity index is 264. The molecule has 17 heavy (non-hydrogen) atoms. The van der Waals surface area contributed by atoms with Gasteiger partial charge in [-0.15, -0.1) is 0 Å². The third-order valence-electron chi connectivity index (χ3n) is 4.97. The molecule has 1 spiro atoms. The molecular weight excluding hydrogens is 232 g/mol. The molecule has 0 bridgehead atoms. The van der Waals surface area contributed by atoms with Crippen LogP contribution in [0.25, 0.3) is 0 Å². The Hall–Kier alpha value is 0.230. The maximum Gasteiger partial charge on any atom is 0.0685 e. The molecule has 0 aromatic rings. The molecule has 1 saturated carbocycles. The summed E-state index contributed by atoms with van der Waals surface area (Å²) in [5, 5.41) is 0. The molecule has 3 atom stereocenters. The topological polar surface area (TPSA) is 47.3 Å². The summed E-state index contributed by atoms with van der Waals surface area (Å²) in [5.74, 6) is 9.96. The third-order valence-corrected chi connectivity index (χ3v) is 6.16. The van der Waals surface area contributed by atoms with Gasteiger partial charge in [0.2, 0.25) is 0 Å². The molecule has 0 radical (unpaired) electrons. The fourth-order valence-corrected chi connectivity index (χ4v) is 5.10. The monoisotopic (exact) mass is 256 g/mol. The van der Waals surface area contributed by atoms with Gasteiger partial charge in [0.25, 0.3) is 0 Å².